The van der Waals surface area contributed by atoms with Crippen LogP contribution in [0, 0.1) is 18.3 Å². The maximum absolute atomic E-state index is 9.00. The van der Waals surface area contributed by atoms with Gasteiger partial charge in [-0.1, -0.05) is 61.7 Å². The highest BCUT2D eigenvalue weighted by Gasteiger charge is 2.27. The Morgan fingerprint density at radius 1 is 1.54 bits per heavy atom. The molecule has 1 rings (SSSR count). The van der Waals surface area contributed by atoms with E-state index < -0.39 is 4.32 Å². The van der Waals surface area contributed by atoms with Gasteiger partial charge < -0.3 is 0 Å². The van der Waals surface area contributed by atoms with E-state index in [1.807, 2.05) is 31.2 Å². The molecular weight excluding hydrogens is 294 g/mol. The van der Waals surface area contributed by atoms with Crippen LogP contribution in [0.25, 0.3) is 0 Å². The number of alkyl halides is 2. The van der Waals surface area contributed by atoms with E-state index in [0.717, 1.165) is 11.1 Å². The predicted molar refractivity (Wildman–Crippen MR) is 61.2 cm³/mol. The van der Waals surface area contributed by atoms with Crippen LogP contribution in [-0.4, -0.2) is 5.33 Å². The summed E-state index contributed by atoms with van der Waals surface area (Å²) in [5.74, 6) is 0. The van der Waals surface area contributed by atoms with Crippen LogP contribution in [-0.2, 0) is 4.32 Å². The molecular formula is C10H9Br2N. The van der Waals surface area contributed by atoms with Crippen molar-refractivity contribution in [2.24, 2.45) is 0 Å². The van der Waals surface area contributed by atoms with Crippen molar-refractivity contribution in [3.8, 4) is 6.07 Å². The van der Waals surface area contributed by atoms with Crippen molar-refractivity contribution in [3.05, 3.63) is 35.4 Å². The van der Waals surface area contributed by atoms with Crippen molar-refractivity contribution >= 4 is 31.9 Å². The van der Waals surface area contributed by atoms with Gasteiger partial charge in [0.2, 0.25) is 0 Å². The Bertz CT molecular complexity index is 343. The van der Waals surface area contributed by atoms with Crippen molar-refractivity contribution in [1.29, 1.82) is 5.26 Å². The quantitative estimate of drug-likeness (QED) is 0.767. The predicted octanol–water partition coefficient (Wildman–Crippen LogP) is 3.50. The summed E-state index contributed by atoms with van der Waals surface area (Å²) in [4.78, 5) is 0. The van der Waals surface area contributed by atoms with Gasteiger partial charge in [0.05, 0.1) is 6.07 Å². The number of hydrogen-bond donors (Lipinski definition) is 0. The summed E-state index contributed by atoms with van der Waals surface area (Å²) in [5, 5.41) is 9.59. The Labute approximate surface area is 95.0 Å². The highest BCUT2D eigenvalue weighted by Crippen LogP contribution is 2.32. The standard InChI is InChI=1S/C10H9Br2N/c1-8-3-2-4-9(5-8)10(12,6-11)7-13/h2-5H,6H2,1H3. The van der Waals surface area contributed by atoms with Crippen LogP contribution >= 0.6 is 31.9 Å². The number of halogens is 2. The molecule has 0 aliphatic rings. The first-order valence-electron chi connectivity index (χ1n) is 3.85. The van der Waals surface area contributed by atoms with Crippen molar-refractivity contribution in [3.63, 3.8) is 0 Å². The molecule has 1 nitrogen and oxygen atoms in total. The smallest absolute Gasteiger partial charge is 0.146 e. The molecule has 0 aliphatic carbocycles. The average Bonchev–Trinajstić information content (AvgIpc) is 2.17. The van der Waals surface area contributed by atoms with Crippen molar-refractivity contribution in [2.75, 3.05) is 5.33 Å². The molecule has 0 fully saturated rings. The SMILES string of the molecule is Cc1cccc(C(Br)(C#N)CBr)c1. The minimum absolute atomic E-state index is 0.583. The molecule has 0 saturated heterocycles. The number of nitrogens with zero attached hydrogens (tertiary/aromatic N) is 1. The van der Waals surface area contributed by atoms with E-state index in [0.29, 0.717) is 5.33 Å². The highest BCUT2D eigenvalue weighted by atomic mass is 79.9. The molecule has 0 radical (unpaired) electrons. The average molecular weight is 303 g/mol. The second kappa shape index (κ2) is 4.26. The Morgan fingerprint density at radius 2 is 2.23 bits per heavy atom. The van der Waals surface area contributed by atoms with Gasteiger partial charge in [-0.3, -0.25) is 0 Å². The lowest BCUT2D eigenvalue weighted by Crippen LogP contribution is -2.17. The molecule has 0 spiro atoms. The second-order valence-corrected chi connectivity index (χ2v) is 4.83. The molecule has 0 N–H and O–H groups in total. The summed E-state index contributed by atoms with van der Waals surface area (Å²) in [5.41, 5.74) is 2.16. The Kier molecular flexibility index (Phi) is 3.52. The molecule has 0 heterocycles. The van der Waals surface area contributed by atoms with E-state index in [-0.39, 0.29) is 0 Å². The lowest BCUT2D eigenvalue weighted by molar-refractivity contribution is 0.939. The second-order valence-electron chi connectivity index (χ2n) is 2.92. The van der Waals surface area contributed by atoms with Gasteiger partial charge in [0, 0.05) is 5.33 Å². The van der Waals surface area contributed by atoms with Crippen LogP contribution in [0.4, 0.5) is 0 Å². The van der Waals surface area contributed by atoms with Gasteiger partial charge >= 0.3 is 0 Å². The molecule has 1 unspecified atom stereocenters. The molecule has 0 aromatic heterocycles. The molecule has 0 saturated carbocycles. The molecule has 1 aromatic rings. The topological polar surface area (TPSA) is 23.8 Å². The Balaban J connectivity index is 3.14. The highest BCUT2D eigenvalue weighted by molar-refractivity contribution is 9.12. The van der Waals surface area contributed by atoms with Crippen molar-refractivity contribution in [2.45, 2.75) is 11.2 Å². The summed E-state index contributed by atoms with van der Waals surface area (Å²) in [6.07, 6.45) is 0. The van der Waals surface area contributed by atoms with Gasteiger partial charge in [0.25, 0.3) is 0 Å². The maximum atomic E-state index is 9.00. The van der Waals surface area contributed by atoms with Crippen LogP contribution in [0.15, 0.2) is 24.3 Å². The lowest BCUT2D eigenvalue weighted by Gasteiger charge is -2.16. The van der Waals surface area contributed by atoms with E-state index in [9.17, 15) is 0 Å². The third kappa shape index (κ3) is 2.32. The number of aryl methyl sites for hydroxylation is 1. The fourth-order valence-electron chi connectivity index (χ4n) is 1.06. The summed E-state index contributed by atoms with van der Waals surface area (Å²) in [6.45, 7) is 2.02. The first kappa shape index (κ1) is 10.7. The molecule has 0 amide bonds. The lowest BCUT2D eigenvalue weighted by atomic mass is 10.0. The van der Waals surface area contributed by atoms with Crippen molar-refractivity contribution in [1.82, 2.24) is 0 Å². The van der Waals surface area contributed by atoms with Crippen LogP contribution in [0.2, 0.25) is 0 Å². The van der Waals surface area contributed by atoms with Gasteiger partial charge in [-0.15, -0.1) is 0 Å². The molecule has 68 valence electrons. The molecule has 0 bridgehead atoms. The van der Waals surface area contributed by atoms with E-state index in [4.69, 9.17) is 5.26 Å². The summed E-state index contributed by atoms with van der Waals surface area (Å²) in [7, 11) is 0. The molecule has 1 atom stereocenters. The number of benzene rings is 1. The fraction of sp³-hybridized carbons (Fsp3) is 0.300. The van der Waals surface area contributed by atoms with Gasteiger partial charge in [-0.25, -0.2) is 0 Å². The zero-order valence-corrected chi connectivity index (χ0v) is 10.4. The maximum Gasteiger partial charge on any atom is 0.146 e. The normalized spacial score (nSPS) is 14.6. The minimum Gasteiger partial charge on any atom is -0.196 e. The fourth-order valence-corrected chi connectivity index (χ4v) is 1.76. The van der Waals surface area contributed by atoms with Gasteiger partial charge in [0.1, 0.15) is 4.32 Å². The number of hydrogen-bond acceptors (Lipinski definition) is 1. The first-order chi connectivity index (χ1) is 6.12. The Morgan fingerprint density at radius 3 is 2.69 bits per heavy atom. The summed E-state index contributed by atoms with van der Waals surface area (Å²) < 4.78 is -0.598. The van der Waals surface area contributed by atoms with Gasteiger partial charge in [-0.2, -0.15) is 5.26 Å². The van der Waals surface area contributed by atoms with Crippen LogP contribution in [0.3, 0.4) is 0 Å². The van der Waals surface area contributed by atoms with Crippen molar-refractivity contribution < 1.29 is 0 Å². The minimum atomic E-state index is -0.598. The summed E-state index contributed by atoms with van der Waals surface area (Å²) >= 11 is 6.74. The monoisotopic (exact) mass is 301 g/mol. The van der Waals surface area contributed by atoms with Crippen LogP contribution in [0.5, 0.6) is 0 Å². The van der Waals surface area contributed by atoms with Gasteiger partial charge in [-0.05, 0) is 12.5 Å². The first-order valence-corrected chi connectivity index (χ1v) is 5.77. The zero-order valence-electron chi connectivity index (χ0n) is 7.22. The van der Waals surface area contributed by atoms with E-state index in [1.54, 1.807) is 0 Å². The Hall–Kier alpha value is -0.330. The molecule has 13 heavy (non-hydrogen) atoms. The van der Waals surface area contributed by atoms with E-state index in [1.165, 1.54) is 0 Å². The van der Waals surface area contributed by atoms with Crippen LogP contribution in [0.1, 0.15) is 11.1 Å². The molecule has 0 aliphatic heterocycles. The zero-order chi connectivity index (χ0) is 9.90. The molecule has 3 heteroatoms. The third-order valence-corrected chi connectivity index (χ3v) is 4.35. The largest absolute Gasteiger partial charge is 0.196 e. The number of rotatable bonds is 2. The third-order valence-electron chi connectivity index (χ3n) is 1.84. The molecule has 1 aromatic carbocycles. The van der Waals surface area contributed by atoms with Gasteiger partial charge in [0.15, 0.2) is 0 Å². The summed E-state index contributed by atoms with van der Waals surface area (Å²) in [6, 6.07) is 10.2. The van der Waals surface area contributed by atoms with E-state index >= 15 is 0 Å². The number of nitriles is 1. The van der Waals surface area contributed by atoms with Crippen LogP contribution < -0.4 is 0 Å². The van der Waals surface area contributed by atoms with E-state index in [2.05, 4.69) is 37.9 Å².